The average molecular weight is 348 g/mol. The van der Waals surface area contributed by atoms with Crippen LogP contribution < -0.4 is 5.56 Å². The molecule has 0 fully saturated rings. The van der Waals surface area contributed by atoms with E-state index in [1.54, 1.807) is 12.1 Å². The highest BCUT2D eigenvalue weighted by molar-refractivity contribution is 7.89. The molecule has 1 aliphatic rings. The molecule has 2 heterocycles. The summed E-state index contributed by atoms with van der Waals surface area (Å²) in [5.41, 5.74) is 0.876. The van der Waals surface area contributed by atoms with E-state index in [0.717, 1.165) is 5.56 Å². The molecule has 2 aromatic rings. The van der Waals surface area contributed by atoms with Gasteiger partial charge in [0.15, 0.2) is 0 Å². The first-order chi connectivity index (χ1) is 11.3. The van der Waals surface area contributed by atoms with Crippen molar-refractivity contribution < 1.29 is 18.3 Å². The summed E-state index contributed by atoms with van der Waals surface area (Å²) in [4.78, 5) is 25.5. The molecule has 1 aliphatic heterocycles. The quantitative estimate of drug-likeness (QED) is 0.864. The molecule has 3 rings (SSSR count). The van der Waals surface area contributed by atoms with E-state index in [4.69, 9.17) is 5.11 Å². The van der Waals surface area contributed by atoms with Crippen LogP contribution in [0.4, 0.5) is 0 Å². The summed E-state index contributed by atoms with van der Waals surface area (Å²) >= 11 is 0. The van der Waals surface area contributed by atoms with Gasteiger partial charge in [0.2, 0.25) is 10.0 Å². The van der Waals surface area contributed by atoms with Crippen LogP contribution in [0.2, 0.25) is 0 Å². The number of rotatable bonds is 3. The third-order valence-corrected chi connectivity index (χ3v) is 5.87. The first kappa shape index (κ1) is 16.4. The lowest BCUT2D eigenvalue weighted by Gasteiger charge is -2.28. The summed E-state index contributed by atoms with van der Waals surface area (Å²) in [6.45, 7) is 2.07. The molecule has 0 radical (unpaired) electrons. The minimum absolute atomic E-state index is 0.0304. The van der Waals surface area contributed by atoms with Crippen molar-refractivity contribution in [1.29, 1.82) is 0 Å². The lowest BCUT2D eigenvalue weighted by molar-refractivity contribution is 0.0694. The highest BCUT2D eigenvalue weighted by Gasteiger charge is 2.29. The molecular formula is C16H16N2O5S. The van der Waals surface area contributed by atoms with Crippen molar-refractivity contribution >= 4 is 16.0 Å². The van der Waals surface area contributed by atoms with Gasteiger partial charge in [-0.25, -0.2) is 13.2 Å². The van der Waals surface area contributed by atoms with Crippen molar-refractivity contribution in [2.75, 3.05) is 6.54 Å². The zero-order chi connectivity index (χ0) is 17.5. The standard InChI is InChI=1S/C16H16N2O5S/c1-10-3-2-4-12(7-10)24(22,23)18-6-5-14-11(9-18)8-13(16(20)21)15(19)17-14/h2-4,7-8H,5-6,9H2,1H3,(H,17,19)(H,20,21). The van der Waals surface area contributed by atoms with E-state index in [0.29, 0.717) is 17.7 Å². The Kier molecular flexibility index (Phi) is 4.02. The Balaban J connectivity index is 1.99. The number of benzene rings is 1. The normalized spacial score (nSPS) is 15.0. The number of H-pyrrole nitrogens is 1. The number of aromatic carboxylic acids is 1. The van der Waals surface area contributed by atoms with Crippen molar-refractivity contribution in [1.82, 2.24) is 9.29 Å². The van der Waals surface area contributed by atoms with Gasteiger partial charge >= 0.3 is 5.97 Å². The molecule has 7 nitrogen and oxygen atoms in total. The molecule has 0 aliphatic carbocycles. The zero-order valence-corrected chi connectivity index (χ0v) is 13.8. The van der Waals surface area contributed by atoms with Crippen LogP contribution >= 0.6 is 0 Å². The minimum Gasteiger partial charge on any atom is -0.477 e. The van der Waals surface area contributed by atoms with Crippen LogP contribution in [0.5, 0.6) is 0 Å². The van der Waals surface area contributed by atoms with Crippen molar-refractivity contribution in [3.63, 3.8) is 0 Å². The summed E-state index contributed by atoms with van der Waals surface area (Å²) in [6.07, 6.45) is 0.329. The summed E-state index contributed by atoms with van der Waals surface area (Å²) in [7, 11) is -3.68. The van der Waals surface area contributed by atoms with E-state index in [9.17, 15) is 18.0 Å². The predicted molar refractivity (Wildman–Crippen MR) is 86.5 cm³/mol. The van der Waals surface area contributed by atoms with Crippen molar-refractivity contribution in [2.24, 2.45) is 0 Å². The van der Waals surface area contributed by atoms with E-state index >= 15 is 0 Å². The van der Waals surface area contributed by atoms with Crippen molar-refractivity contribution in [3.8, 4) is 0 Å². The number of sulfonamides is 1. The van der Waals surface area contributed by atoms with Crippen molar-refractivity contribution in [2.45, 2.75) is 24.8 Å². The Morgan fingerprint density at radius 3 is 2.71 bits per heavy atom. The third-order valence-electron chi connectivity index (χ3n) is 4.03. The Labute approximate surface area is 138 Å². The minimum atomic E-state index is -3.68. The predicted octanol–water partition coefficient (Wildman–Crippen LogP) is 1.13. The maximum absolute atomic E-state index is 12.8. The number of nitrogens with one attached hydrogen (secondary N) is 1. The number of carbonyl (C=O) groups is 1. The number of carboxylic acids is 1. The van der Waals surface area contributed by atoms with Crippen LogP contribution in [0.25, 0.3) is 0 Å². The second-order valence-electron chi connectivity index (χ2n) is 5.73. The molecule has 0 spiro atoms. The fourth-order valence-electron chi connectivity index (χ4n) is 2.77. The second-order valence-corrected chi connectivity index (χ2v) is 7.66. The highest BCUT2D eigenvalue weighted by Crippen LogP contribution is 2.24. The molecule has 0 saturated heterocycles. The summed E-state index contributed by atoms with van der Waals surface area (Å²) in [6, 6.07) is 7.89. The molecule has 0 unspecified atom stereocenters. The number of hydrogen-bond acceptors (Lipinski definition) is 4. The largest absolute Gasteiger partial charge is 0.477 e. The molecule has 0 atom stereocenters. The SMILES string of the molecule is Cc1cccc(S(=O)(=O)N2CCc3[nH]c(=O)c(C(=O)O)cc3C2)c1. The lowest BCUT2D eigenvalue weighted by Crippen LogP contribution is -2.37. The van der Waals surface area contributed by atoms with Crippen LogP contribution in [0.15, 0.2) is 40.0 Å². The van der Waals surface area contributed by atoms with E-state index in [-0.39, 0.29) is 23.5 Å². The number of hydrogen-bond donors (Lipinski definition) is 2. The maximum Gasteiger partial charge on any atom is 0.341 e. The van der Waals surface area contributed by atoms with Crippen LogP contribution in [0, 0.1) is 6.92 Å². The molecule has 1 aromatic heterocycles. The number of carboxylic acid groups (broad SMARTS) is 1. The molecular weight excluding hydrogens is 332 g/mol. The van der Waals surface area contributed by atoms with Gasteiger partial charge in [-0.05, 0) is 36.2 Å². The Morgan fingerprint density at radius 2 is 2.04 bits per heavy atom. The average Bonchev–Trinajstić information content (AvgIpc) is 2.53. The molecule has 2 N–H and O–H groups in total. The molecule has 126 valence electrons. The van der Waals surface area contributed by atoms with Crippen LogP contribution in [0.1, 0.15) is 27.2 Å². The number of nitrogens with zero attached hydrogens (tertiary/aromatic N) is 1. The molecule has 1 aromatic carbocycles. The van der Waals surface area contributed by atoms with Gasteiger partial charge in [0.1, 0.15) is 5.56 Å². The van der Waals surface area contributed by atoms with Crippen molar-refractivity contribution in [3.05, 3.63) is 63.1 Å². The van der Waals surface area contributed by atoms with Gasteiger partial charge in [0, 0.05) is 25.2 Å². The number of pyridine rings is 1. The summed E-state index contributed by atoms with van der Waals surface area (Å²) < 4.78 is 26.8. The smallest absolute Gasteiger partial charge is 0.341 e. The fraction of sp³-hybridized carbons (Fsp3) is 0.250. The van der Waals surface area contributed by atoms with E-state index < -0.39 is 21.6 Å². The Morgan fingerprint density at radius 1 is 1.29 bits per heavy atom. The van der Waals surface area contributed by atoms with Gasteiger partial charge in [-0.15, -0.1) is 0 Å². The number of aromatic nitrogens is 1. The summed E-state index contributed by atoms with van der Waals surface area (Å²) in [5.74, 6) is -1.34. The molecule has 24 heavy (non-hydrogen) atoms. The monoisotopic (exact) mass is 348 g/mol. The topological polar surface area (TPSA) is 108 Å². The first-order valence-corrected chi connectivity index (χ1v) is 8.78. The van der Waals surface area contributed by atoms with E-state index in [1.165, 1.54) is 16.4 Å². The van der Waals surface area contributed by atoms with Gasteiger partial charge in [0.05, 0.1) is 4.90 Å². The number of aromatic amines is 1. The maximum atomic E-state index is 12.8. The highest BCUT2D eigenvalue weighted by atomic mass is 32.2. The van der Waals surface area contributed by atoms with Crippen LogP contribution in [-0.2, 0) is 23.0 Å². The Bertz CT molecular complexity index is 978. The summed E-state index contributed by atoms with van der Waals surface area (Å²) in [5, 5.41) is 9.05. The fourth-order valence-corrected chi connectivity index (χ4v) is 4.29. The molecule has 0 amide bonds. The number of aryl methyl sites for hydroxylation is 1. The van der Waals surface area contributed by atoms with E-state index in [1.807, 2.05) is 13.0 Å². The van der Waals surface area contributed by atoms with E-state index in [2.05, 4.69) is 4.98 Å². The number of fused-ring (bicyclic) bond motifs is 1. The van der Waals surface area contributed by atoms with Gasteiger partial charge in [0.25, 0.3) is 5.56 Å². The Hall–Kier alpha value is -2.45. The third kappa shape index (κ3) is 2.85. The lowest BCUT2D eigenvalue weighted by atomic mass is 10.1. The van der Waals surface area contributed by atoms with Crippen LogP contribution in [0.3, 0.4) is 0 Å². The van der Waals surface area contributed by atoms with Crippen LogP contribution in [-0.4, -0.2) is 35.3 Å². The van der Waals surface area contributed by atoms with Gasteiger partial charge in [-0.2, -0.15) is 4.31 Å². The molecule has 8 heteroatoms. The molecule has 0 saturated carbocycles. The zero-order valence-electron chi connectivity index (χ0n) is 12.9. The van der Waals surface area contributed by atoms with Gasteiger partial charge in [-0.1, -0.05) is 12.1 Å². The molecule has 0 bridgehead atoms. The van der Waals surface area contributed by atoms with Gasteiger partial charge < -0.3 is 10.1 Å². The second kappa shape index (κ2) is 5.88. The first-order valence-electron chi connectivity index (χ1n) is 7.34. The van der Waals surface area contributed by atoms with Gasteiger partial charge in [-0.3, -0.25) is 4.79 Å².